The van der Waals surface area contributed by atoms with Gasteiger partial charge in [-0.2, -0.15) is 0 Å². The largest absolute Gasteiger partial charge is 0.306 e. The average molecular weight is 305 g/mol. The van der Waals surface area contributed by atoms with Gasteiger partial charge in [-0.05, 0) is 52.7 Å². The lowest BCUT2D eigenvalue weighted by Gasteiger charge is -1.99. The van der Waals surface area contributed by atoms with E-state index in [2.05, 4.69) is 20.9 Å². The Morgan fingerprint density at radius 2 is 2.00 bits per heavy atom. The number of halogens is 2. The minimum Gasteiger partial charge on any atom is -0.306 e. The summed E-state index contributed by atoms with van der Waals surface area (Å²) in [5.41, 5.74) is 3.77. The molecule has 0 aliphatic heterocycles. The van der Waals surface area contributed by atoms with Crippen molar-refractivity contribution in [2.45, 2.75) is 6.92 Å². The van der Waals surface area contributed by atoms with Crippen LogP contribution in [0.25, 0.3) is 16.9 Å². The van der Waals surface area contributed by atoms with Gasteiger partial charge in [0.15, 0.2) is 0 Å². The zero-order valence-corrected chi connectivity index (χ0v) is 11.3. The number of pyridine rings is 1. The van der Waals surface area contributed by atoms with Crippen molar-refractivity contribution in [3.63, 3.8) is 0 Å². The Morgan fingerprint density at radius 3 is 2.78 bits per heavy atom. The second kappa shape index (κ2) is 4.21. The molecular weight excluding hydrogens is 295 g/mol. The summed E-state index contributed by atoms with van der Waals surface area (Å²) in [4.78, 5) is 4.53. The molecule has 1 aromatic carbocycles. The Morgan fingerprint density at radius 1 is 1.17 bits per heavy atom. The highest BCUT2D eigenvalue weighted by Crippen LogP contribution is 2.28. The quantitative estimate of drug-likeness (QED) is 0.658. The van der Waals surface area contributed by atoms with E-state index in [0.29, 0.717) is 4.47 Å². The molecule has 0 unspecified atom stereocenters. The number of imidazole rings is 1. The van der Waals surface area contributed by atoms with Crippen molar-refractivity contribution in [3.8, 4) is 11.3 Å². The van der Waals surface area contributed by atoms with Crippen molar-refractivity contribution in [2.24, 2.45) is 0 Å². The lowest BCUT2D eigenvalue weighted by atomic mass is 10.2. The number of hydrogen-bond acceptors (Lipinski definition) is 1. The number of aromatic nitrogens is 2. The van der Waals surface area contributed by atoms with Gasteiger partial charge in [0.05, 0.1) is 5.69 Å². The van der Waals surface area contributed by atoms with E-state index in [0.717, 1.165) is 16.9 Å². The minimum absolute atomic E-state index is 0.259. The van der Waals surface area contributed by atoms with Crippen LogP contribution < -0.4 is 0 Å². The number of hydrogen-bond donors (Lipinski definition) is 0. The van der Waals surface area contributed by atoms with Crippen molar-refractivity contribution in [1.82, 2.24) is 9.38 Å². The van der Waals surface area contributed by atoms with Crippen molar-refractivity contribution >= 4 is 21.6 Å². The Balaban J connectivity index is 2.19. The third-order valence-electron chi connectivity index (χ3n) is 2.81. The van der Waals surface area contributed by atoms with Crippen molar-refractivity contribution in [2.75, 3.05) is 0 Å². The standard InChI is InChI=1S/C14H10BrFN2/c1-9-2-5-14-17-13(8-18(14)7-9)11-4-3-10(16)6-12(11)15/h2-8H,1H3. The van der Waals surface area contributed by atoms with Crippen LogP contribution in [0.1, 0.15) is 5.56 Å². The number of nitrogens with zero attached hydrogens (tertiary/aromatic N) is 2. The fraction of sp³-hybridized carbons (Fsp3) is 0.0714. The molecule has 2 aromatic heterocycles. The van der Waals surface area contributed by atoms with Crippen LogP contribution in [-0.4, -0.2) is 9.38 Å². The molecule has 0 bridgehead atoms. The van der Waals surface area contributed by atoms with Gasteiger partial charge in [0.25, 0.3) is 0 Å². The monoisotopic (exact) mass is 304 g/mol. The summed E-state index contributed by atoms with van der Waals surface area (Å²) >= 11 is 3.37. The molecule has 0 N–H and O–H groups in total. The summed E-state index contributed by atoms with van der Waals surface area (Å²) in [6.45, 7) is 2.03. The summed E-state index contributed by atoms with van der Waals surface area (Å²) in [7, 11) is 0. The van der Waals surface area contributed by atoms with Crippen LogP contribution in [0.15, 0.2) is 47.2 Å². The third kappa shape index (κ3) is 1.93. The maximum atomic E-state index is 13.1. The Labute approximate surface area is 112 Å². The predicted octanol–water partition coefficient (Wildman–Crippen LogP) is 4.21. The van der Waals surface area contributed by atoms with Gasteiger partial charge in [0.1, 0.15) is 11.5 Å². The van der Waals surface area contributed by atoms with Gasteiger partial charge in [-0.1, -0.05) is 6.07 Å². The number of benzene rings is 1. The van der Waals surface area contributed by atoms with Crippen LogP contribution in [0.2, 0.25) is 0 Å². The zero-order valence-electron chi connectivity index (χ0n) is 9.69. The lowest BCUT2D eigenvalue weighted by Crippen LogP contribution is -1.82. The van der Waals surface area contributed by atoms with Gasteiger partial charge in [0, 0.05) is 22.4 Å². The summed E-state index contributed by atoms with van der Waals surface area (Å²) < 4.78 is 15.7. The molecule has 2 heterocycles. The molecule has 18 heavy (non-hydrogen) atoms. The Bertz CT molecular complexity index is 734. The molecule has 0 radical (unpaired) electrons. The summed E-state index contributed by atoms with van der Waals surface area (Å²) in [6.07, 6.45) is 3.96. The Hall–Kier alpha value is -1.68. The van der Waals surface area contributed by atoms with Crippen LogP contribution in [0.3, 0.4) is 0 Å². The fourth-order valence-corrected chi connectivity index (χ4v) is 2.48. The van der Waals surface area contributed by atoms with Gasteiger partial charge in [-0.3, -0.25) is 0 Å². The highest BCUT2D eigenvalue weighted by atomic mass is 79.9. The van der Waals surface area contributed by atoms with Gasteiger partial charge in [0.2, 0.25) is 0 Å². The predicted molar refractivity (Wildman–Crippen MR) is 73.0 cm³/mol. The fourth-order valence-electron chi connectivity index (χ4n) is 1.93. The van der Waals surface area contributed by atoms with Crippen LogP contribution in [0, 0.1) is 12.7 Å². The first-order valence-corrected chi connectivity index (χ1v) is 6.33. The van der Waals surface area contributed by atoms with E-state index in [4.69, 9.17) is 0 Å². The topological polar surface area (TPSA) is 17.3 Å². The molecule has 90 valence electrons. The van der Waals surface area contributed by atoms with E-state index in [-0.39, 0.29) is 5.82 Å². The maximum absolute atomic E-state index is 13.1. The molecule has 2 nitrogen and oxygen atoms in total. The van der Waals surface area contributed by atoms with E-state index in [1.807, 2.05) is 35.9 Å². The van der Waals surface area contributed by atoms with Crippen LogP contribution in [-0.2, 0) is 0 Å². The summed E-state index contributed by atoms with van der Waals surface area (Å²) in [6, 6.07) is 8.61. The molecule has 0 atom stereocenters. The van der Waals surface area contributed by atoms with Gasteiger partial charge >= 0.3 is 0 Å². The van der Waals surface area contributed by atoms with E-state index in [9.17, 15) is 4.39 Å². The first kappa shape index (κ1) is 11.4. The molecule has 0 saturated heterocycles. The van der Waals surface area contributed by atoms with Crippen molar-refractivity contribution < 1.29 is 4.39 Å². The highest BCUT2D eigenvalue weighted by molar-refractivity contribution is 9.10. The molecule has 0 fully saturated rings. The van der Waals surface area contributed by atoms with Gasteiger partial charge < -0.3 is 4.40 Å². The smallest absolute Gasteiger partial charge is 0.137 e. The third-order valence-corrected chi connectivity index (χ3v) is 3.46. The first-order valence-electron chi connectivity index (χ1n) is 5.54. The van der Waals surface area contributed by atoms with E-state index in [1.54, 1.807) is 6.07 Å². The van der Waals surface area contributed by atoms with Crippen molar-refractivity contribution in [3.05, 3.63) is 58.6 Å². The molecule has 0 aliphatic carbocycles. The molecule has 0 amide bonds. The number of rotatable bonds is 1. The molecule has 0 spiro atoms. The van der Waals surface area contributed by atoms with Gasteiger partial charge in [-0.15, -0.1) is 0 Å². The molecule has 0 saturated carbocycles. The number of aryl methyl sites for hydroxylation is 1. The first-order chi connectivity index (χ1) is 8.63. The van der Waals surface area contributed by atoms with Crippen molar-refractivity contribution in [1.29, 1.82) is 0 Å². The summed E-state index contributed by atoms with van der Waals surface area (Å²) in [5, 5.41) is 0. The van der Waals surface area contributed by atoms with Crippen LogP contribution >= 0.6 is 15.9 Å². The van der Waals surface area contributed by atoms with Gasteiger partial charge in [-0.25, -0.2) is 9.37 Å². The number of fused-ring (bicyclic) bond motifs is 1. The van der Waals surface area contributed by atoms with E-state index < -0.39 is 0 Å². The van der Waals surface area contributed by atoms with E-state index in [1.165, 1.54) is 17.7 Å². The average Bonchev–Trinajstić information content (AvgIpc) is 2.71. The van der Waals surface area contributed by atoms with Crippen LogP contribution in [0.5, 0.6) is 0 Å². The second-order valence-electron chi connectivity index (χ2n) is 4.22. The molecule has 3 aromatic rings. The highest BCUT2D eigenvalue weighted by Gasteiger charge is 2.08. The van der Waals surface area contributed by atoms with E-state index >= 15 is 0 Å². The minimum atomic E-state index is -0.259. The zero-order chi connectivity index (χ0) is 12.7. The SMILES string of the molecule is Cc1ccc2nc(-c3ccc(F)cc3Br)cn2c1. The molecule has 4 heteroatoms. The molecular formula is C14H10BrFN2. The lowest BCUT2D eigenvalue weighted by molar-refractivity contribution is 0.627. The normalized spacial score (nSPS) is 11.1. The Kier molecular flexibility index (Phi) is 2.67. The second-order valence-corrected chi connectivity index (χ2v) is 5.08. The molecule has 0 aliphatic rings. The summed E-state index contributed by atoms with van der Waals surface area (Å²) in [5.74, 6) is -0.259. The van der Waals surface area contributed by atoms with Crippen LogP contribution in [0.4, 0.5) is 4.39 Å². The molecule has 3 rings (SSSR count). The maximum Gasteiger partial charge on any atom is 0.137 e.